The summed E-state index contributed by atoms with van der Waals surface area (Å²) in [4.78, 5) is 0.567. The van der Waals surface area contributed by atoms with E-state index in [1.165, 1.54) is 5.56 Å². The first-order valence-corrected chi connectivity index (χ1v) is 5.75. The Morgan fingerprint density at radius 1 is 1.31 bits per heavy atom. The van der Waals surface area contributed by atoms with E-state index >= 15 is 0 Å². The monoisotopic (exact) mass is 238 g/mol. The van der Waals surface area contributed by atoms with Crippen LogP contribution >= 0.6 is 12.2 Å². The van der Waals surface area contributed by atoms with E-state index in [4.69, 9.17) is 22.7 Å². The van der Waals surface area contributed by atoms with Crippen LogP contribution in [-0.4, -0.2) is 25.2 Å². The average Bonchev–Trinajstić information content (AvgIpc) is 2.29. The molecule has 0 saturated heterocycles. The number of methoxy groups -OCH3 is 1. The molecule has 0 heterocycles. The largest absolute Gasteiger partial charge is 0.497 e. The fourth-order valence-electron chi connectivity index (χ4n) is 1.36. The van der Waals surface area contributed by atoms with Crippen LogP contribution in [0.3, 0.4) is 0 Å². The van der Waals surface area contributed by atoms with Crippen LogP contribution in [0.2, 0.25) is 0 Å². The van der Waals surface area contributed by atoms with Gasteiger partial charge >= 0.3 is 0 Å². The van der Waals surface area contributed by atoms with Crippen LogP contribution in [0.25, 0.3) is 0 Å². The Balaban J connectivity index is 2.19. The van der Waals surface area contributed by atoms with E-state index in [2.05, 4.69) is 17.4 Å². The summed E-state index contributed by atoms with van der Waals surface area (Å²) in [7, 11) is 1.67. The van der Waals surface area contributed by atoms with Crippen molar-refractivity contribution in [1.29, 1.82) is 0 Å². The summed E-state index contributed by atoms with van der Waals surface area (Å²) in [5.74, 6) is 0.894. The van der Waals surface area contributed by atoms with Gasteiger partial charge in [0.2, 0.25) is 0 Å². The lowest BCUT2D eigenvalue weighted by Crippen LogP contribution is -2.22. The lowest BCUT2D eigenvalue weighted by Gasteiger charge is -2.05. The molecule has 3 nitrogen and oxygen atoms in total. The molecule has 0 aliphatic heterocycles. The normalized spacial score (nSPS) is 10.1. The SMILES string of the molecule is COc1ccc(CCNCCC(N)=S)cc1. The number of ether oxygens (including phenoxy) is 1. The standard InChI is InChI=1S/C12H18N2OS/c1-15-11-4-2-10(3-5-11)6-8-14-9-7-12(13)16/h2-5,14H,6-9H2,1H3,(H2,13,16). The molecule has 0 atom stereocenters. The van der Waals surface area contributed by atoms with Gasteiger partial charge in [-0.15, -0.1) is 0 Å². The zero-order chi connectivity index (χ0) is 11.8. The van der Waals surface area contributed by atoms with Crippen molar-refractivity contribution in [3.05, 3.63) is 29.8 Å². The summed E-state index contributed by atoms with van der Waals surface area (Å²) < 4.78 is 5.09. The lowest BCUT2D eigenvalue weighted by molar-refractivity contribution is 0.414. The Labute approximate surface area is 102 Å². The molecule has 0 fully saturated rings. The molecular weight excluding hydrogens is 220 g/mol. The first kappa shape index (κ1) is 12.9. The molecule has 4 heteroatoms. The number of nitrogens with two attached hydrogens (primary N) is 1. The Morgan fingerprint density at radius 3 is 2.56 bits per heavy atom. The maximum Gasteiger partial charge on any atom is 0.118 e. The Kier molecular flexibility index (Phi) is 5.82. The summed E-state index contributed by atoms with van der Waals surface area (Å²) in [5.41, 5.74) is 6.69. The van der Waals surface area contributed by atoms with E-state index in [9.17, 15) is 0 Å². The molecule has 0 unspecified atom stereocenters. The number of hydrogen-bond acceptors (Lipinski definition) is 3. The molecule has 0 amide bonds. The third-order valence-corrected chi connectivity index (χ3v) is 2.50. The van der Waals surface area contributed by atoms with Crippen molar-refractivity contribution in [2.24, 2.45) is 5.73 Å². The van der Waals surface area contributed by atoms with Crippen LogP contribution in [0, 0.1) is 0 Å². The summed E-state index contributed by atoms with van der Waals surface area (Å²) in [5, 5.41) is 3.30. The highest BCUT2D eigenvalue weighted by Gasteiger charge is 1.95. The highest BCUT2D eigenvalue weighted by Crippen LogP contribution is 2.11. The third kappa shape index (κ3) is 5.09. The molecule has 1 aromatic rings. The smallest absolute Gasteiger partial charge is 0.118 e. The number of thiocarbonyl (C=S) groups is 1. The Morgan fingerprint density at radius 2 is 2.00 bits per heavy atom. The van der Waals surface area contributed by atoms with Crippen LogP contribution in [0.5, 0.6) is 5.75 Å². The molecule has 0 aromatic heterocycles. The molecule has 0 saturated carbocycles. The Hall–Kier alpha value is -1.13. The third-order valence-electron chi connectivity index (χ3n) is 2.30. The maximum atomic E-state index is 5.40. The molecule has 0 spiro atoms. The molecule has 0 aliphatic rings. The van der Waals surface area contributed by atoms with Gasteiger partial charge in [-0.05, 0) is 30.7 Å². The zero-order valence-corrected chi connectivity index (χ0v) is 10.3. The maximum absolute atomic E-state index is 5.40. The van der Waals surface area contributed by atoms with Crippen molar-refractivity contribution in [2.45, 2.75) is 12.8 Å². The van der Waals surface area contributed by atoms with Crippen LogP contribution in [0.4, 0.5) is 0 Å². The van der Waals surface area contributed by atoms with Crippen molar-refractivity contribution in [2.75, 3.05) is 20.2 Å². The van der Waals surface area contributed by atoms with Crippen LogP contribution in [-0.2, 0) is 6.42 Å². The minimum absolute atomic E-state index is 0.567. The number of benzene rings is 1. The van der Waals surface area contributed by atoms with Gasteiger partial charge in [-0.1, -0.05) is 24.4 Å². The topological polar surface area (TPSA) is 47.3 Å². The van der Waals surface area contributed by atoms with Gasteiger partial charge in [0.1, 0.15) is 5.75 Å². The molecule has 0 bridgehead atoms. The Bertz CT molecular complexity index is 324. The van der Waals surface area contributed by atoms with Crippen molar-refractivity contribution >= 4 is 17.2 Å². The fourth-order valence-corrected chi connectivity index (χ4v) is 1.46. The van der Waals surface area contributed by atoms with Gasteiger partial charge in [-0.2, -0.15) is 0 Å². The van der Waals surface area contributed by atoms with Crippen LogP contribution in [0.15, 0.2) is 24.3 Å². The van der Waals surface area contributed by atoms with Crippen LogP contribution < -0.4 is 15.8 Å². The van der Waals surface area contributed by atoms with Gasteiger partial charge in [0, 0.05) is 13.0 Å². The van der Waals surface area contributed by atoms with Crippen LogP contribution in [0.1, 0.15) is 12.0 Å². The minimum atomic E-state index is 0.567. The van der Waals surface area contributed by atoms with Crippen molar-refractivity contribution in [3.8, 4) is 5.75 Å². The second kappa shape index (κ2) is 7.19. The first-order valence-electron chi connectivity index (χ1n) is 5.34. The van der Waals surface area contributed by atoms with Crippen molar-refractivity contribution < 1.29 is 4.74 Å². The van der Waals surface area contributed by atoms with Gasteiger partial charge < -0.3 is 15.8 Å². The molecule has 16 heavy (non-hydrogen) atoms. The van der Waals surface area contributed by atoms with E-state index in [-0.39, 0.29) is 0 Å². The number of rotatable bonds is 7. The van der Waals surface area contributed by atoms with Gasteiger partial charge in [0.15, 0.2) is 0 Å². The first-order chi connectivity index (χ1) is 7.72. The number of nitrogens with one attached hydrogen (secondary N) is 1. The predicted molar refractivity (Wildman–Crippen MR) is 71.0 cm³/mol. The van der Waals surface area contributed by atoms with Gasteiger partial charge in [-0.3, -0.25) is 0 Å². The summed E-state index contributed by atoms with van der Waals surface area (Å²) in [6.45, 7) is 1.79. The lowest BCUT2D eigenvalue weighted by atomic mass is 10.1. The highest BCUT2D eigenvalue weighted by atomic mass is 32.1. The minimum Gasteiger partial charge on any atom is -0.497 e. The van der Waals surface area contributed by atoms with Crippen molar-refractivity contribution in [1.82, 2.24) is 5.32 Å². The van der Waals surface area contributed by atoms with E-state index in [0.29, 0.717) is 4.99 Å². The van der Waals surface area contributed by atoms with E-state index in [0.717, 1.165) is 31.7 Å². The molecule has 88 valence electrons. The zero-order valence-electron chi connectivity index (χ0n) is 9.53. The molecule has 3 N–H and O–H groups in total. The highest BCUT2D eigenvalue weighted by molar-refractivity contribution is 7.80. The summed E-state index contributed by atoms with van der Waals surface area (Å²) in [6, 6.07) is 8.11. The molecule has 0 radical (unpaired) electrons. The molecular formula is C12H18N2OS. The van der Waals surface area contributed by atoms with E-state index in [1.54, 1.807) is 7.11 Å². The van der Waals surface area contributed by atoms with Crippen molar-refractivity contribution in [3.63, 3.8) is 0 Å². The van der Waals surface area contributed by atoms with E-state index < -0.39 is 0 Å². The van der Waals surface area contributed by atoms with Gasteiger partial charge in [-0.25, -0.2) is 0 Å². The van der Waals surface area contributed by atoms with Gasteiger partial charge in [0.05, 0.1) is 12.1 Å². The number of hydrogen-bond donors (Lipinski definition) is 2. The molecule has 1 rings (SSSR count). The fraction of sp³-hybridized carbons (Fsp3) is 0.417. The van der Waals surface area contributed by atoms with E-state index in [1.807, 2.05) is 12.1 Å². The quantitative estimate of drug-likeness (QED) is 0.558. The summed E-state index contributed by atoms with van der Waals surface area (Å²) >= 11 is 4.79. The average molecular weight is 238 g/mol. The molecule has 0 aliphatic carbocycles. The second-order valence-electron chi connectivity index (χ2n) is 3.56. The van der Waals surface area contributed by atoms with Gasteiger partial charge in [0.25, 0.3) is 0 Å². The predicted octanol–water partition coefficient (Wildman–Crippen LogP) is 1.50. The molecule has 1 aromatic carbocycles. The second-order valence-corrected chi connectivity index (χ2v) is 4.09. The summed E-state index contributed by atoms with van der Waals surface area (Å²) in [6.07, 6.45) is 1.76.